The molecule has 2 atom stereocenters. The van der Waals surface area contributed by atoms with Crippen molar-refractivity contribution < 1.29 is 4.79 Å². The normalized spacial score (nSPS) is 19.0. The summed E-state index contributed by atoms with van der Waals surface area (Å²) in [7, 11) is 0. The number of unbranched alkanes of at least 4 members (excludes halogenated alkanes) is 6. The number of carbonyl (C=O) groups excluding carboxylic acids is 1. The number of Topliss-reactive ketones (excluding diaryl/α,β-unsaturated/α-hetero) is 1. The molecule has 1 saturated carbocycles. The van der Waals surface area contributed by atoms with Gasteiger partial charge in [0.2, 0.25) is 0 Å². The number of rotatable bonds is 12. The van der Waals surface area contributed by atoms with Crippen molar-refractivity contribution in [2.45, 2.75) is 103 Å². The molecule has 0 bridgehead atoms. The first-order chi connectivity index (χ1) is 15.2. The molecule has 0 N–H and O–H groups in total. The average molecular weight is 419 g/mol. The van der Waals surface area contributed by atoms with E-state index in [-0.39, 0.29) is 5.92 Å². The molecule has 0 amide bonds. The molecule has 3 rings (SSSR count). The van der Waals surface area contributed by atoms with Crippen LogP contribution in [0.3, 0.4) is 0 Å². The van der Waals surface area contributed by atoms with E-state index >= 15 is 0 Å². The smallest absolute Gasteiger partial charge is 0.140 e. The molecule has 0 spiro atoms. The first kappa shape index (κ1) is 23.8. The van der Waals surface area contributed by atoms with Gasteiger partial charge < -0.3 is 0 Å². The Morgan fingerprint density at radius 2 is 1.32 bits per heavy atom. The van der Waals surface area contributed by atoms with Gasteiger partial charge in [0.05, 0.1) is 0 Å². The van der Waals surface area contributed by atoms with E-state index in [0.717, 1.165) is 12.8 Å². The van der Waals surface area contributed by atoms with E-state index in [1.54, 1.807) is 0 Å². The van der Waals surface area contributed by atoms with Crippen LogP contribution >= 0.6 is 0 Å². The van der Waals surface area contributed by atoms with Gasteiger partial charge in [-0.3, -0.25) is 4.79 Å². The molecule has 1 aliphatic carbocycles. The molecule has 1 aliphatic rings. The van der Waals surface area contributed by atoms with Gasteiger partial charge in [-0.1, -0.05) is 114 Å². The lowest BCUT2D eigenvalue weighted by atomic mass is 9.76. The highest BCUT2D eigenvalue weighted by Gasteiger charge is 2.29. The zero-order valence-corrected chi connectivity index (χ0v) is 19.9. The molecule has 0 saturated heterocycles. The lowest BCUT2D eigenvalue weighted by Gasteiger charge is -2.27. The highest BCUT2D eigenvalue weighted by Crippen LogP contribution is 2.36. The third kappa shape index (κ3) is 7.34. The van der Waals surface area contributed by atoms with E-state index in [4.69, 9.17) is 0 Å². The largest absolute Gasteiger partial charge is 0.299 e. The van der Waals surface area contributed by atoms with Crippen LogP contribution in [0.4, 0.5) is 0 Å². The molecular formula is C30H42O. The van der Waals surface area contributed by atoms with Gasteiger partial charge in [-0.25, -0.2) is 0 Å². The minimum Gasteiger partial charge on any atom is -0.299 e. The maximum absolute atomic E-state index is 12.8. The molecule has 2 aromatic carbocycles. The number of aryl methyl sites for hydroxylation is 1. The summed E-state index contributed by atoms with van der Waals surface area (Å²) in [5, 5.41) is 0. The second kappa shape index (κ2) is 12.8. The Balaban J connectivity index is 1.51. The first-order valence-corrected chi connectivity index (χ1v) is 12.9. The average Bonchev–Trinajstić information content (AvgIpc) is 2.80. The number of carbonyl (C=O) groups is 1. The second-order valence-electron chi connectivity index (χ2n) is 9.65. The van der Waals surface area contributed by atoms with Crippen molar-refractivity contribution in [2.24, 2.45) is 5.92 Å². The van der Waals surface area contributed by atoms with E-state index in [9.17, 15) is 4.79 Å². The van der Waals surface area contributed by atoms with E-state index in [2.05, 4.69) is 62.4 Å². The van der Waals surface area contributed by atoms with E-state index in [0.29, 0.717) is 11.7 Å². The maximum Gasteiger partial charge on any atom is 0.140 e. The van der Waals surface area contributed by atoms with Crippen molar-refractivity contribution in [1.29, 1.82) is 0 Å². The van der Waals surface area contributed by atoms with E-state index < -0.39 is 0 Å². The third-order valence-corrected chi connectivity index (χ3v) is 7.13. The number of benzene rings is 2. The standard InChI is InChI=1S/C30H42O/c1-3-5-7-8-10-11-24-13-16-26(17-14-24)27-18-20-28(21-19-27)29-22-15-25(23-30(29)31)12-9-6-4-2/h13-14,16-21,25,29H,3-12,15,22-23H2,1-2H3/t25-,29+/m0/s1. The Morgan fingerprint density at radius 1 is 0.710 bits per heavy atom. The van der Waals surface area contributed by atoms with Crippen molar-refractivity contribution in [3.63, 3.8) is 0 Å². The number of hydrogen-bond acceptors (Lipinski definition) is 1. The van der Waals surface area contributed by atoms with Crippen molar-refractivity contribution >= 4 is 5.78 Å². The van der Waals surface area contributed by atoms with Crippen molar-refractivity contribution in [3.8, 4) is 11.1 Å². The van der Waals surface area contributed by atoms with Crippen LogP contribution in [0, 0.1) is 5.92 Å². The predicted molar refractivity (Wildman–Crippen MR) is 134 cm³/mol. The molecule has 0 aliphatic heterocycles. The predicted octanol–water partition coefficient (Wildman–Crippen LogP) is 8.90. The Morgan fingerprint density at radius 3 is 1.97 bits per heavy atom. The summed E-state index contributed by atoms with van der Waals surface area (Å²) in [5.74, 6) is 1.20. The maximum atomic E-state index is 12.8. The lowest BCUT2D eigenvalue weighted by Crippen LogP contribution is -2.23. The number of hydrogen-bond donors (Lipinski definition) is 0. The minimum atomic E-state index is 0.117. The summed E-state index contributed by atoms with van der Waals surface area (Å²) in [6.07, 6.45) is 16.0. The summed E-state index contributed by atoms with van der Waals surface area (Å²) >= 11 is 0. The molecular weight excluding hydrogens is 376 g/mol. The molecule has 1 heteroatoms. The van der Waals surface area contributed by atoms with Crippen LogP contribution < -0.4 is 0 Å². The molecule has 0 radical (unpaired) electrons. The zero-order chi connectivity index (χ0) is 21.9. The molecule has 1 nitrogen and oxygen atoms in total. The summed E-state index contributed by atoms with van der Waals surface area (Å²) in [5.41, 5.74) is 5.17. The van der Waals surface area contributed by atoms with E-state index in [1.165, 1.54) is 92.9 Å². The SMILES string of the molecule is CCCCCCCc1ccc(-c2ccc([C@H]3CC[C@H](CCCCC)CC3=O)cc2)cc1. The van der Waals surface area contributed by atoms with Gasteiger partial charge in [0.15, 0.2) is 0 Å². The molecule has 1 fully saturated rings. The fraction of sp³-hybridized carbons (Fsp3) is 0.567. The Kier molecular flexibility index (Phi) is 9.85. The van der Waals surface area contributed by atoms with Gasteiger partial charge in [0.1, 0.15) is 5.78 Å². The summed E-state index contributed by atoms with van der Waals surface area (Å²) in [6.45, 7) is 4.51. The fourth-order valence-corrected chi connectivity index (χ4v) is 5.08. The lowest BCUT2D eigenvalue weighted by molar-refractivity contribution is -0.123. The van der Waals surface area contributed by atoms with Crippen LogP contribution in [0.5, 0.6) is 0 Å². The Bertz CT molecular complexity index is 771. The first-order valence-electron chi connectivity index (χ1n) is 12.9. The minimum absolute atomic E-state index is 0.117. The Hall–Kier alpha value is -1.89. The van der Waals surface area contributed by atoms with Crippen LogP contribution in [0.1, 0.15) is 108 Å². The van der Waals surface area contributed by atoms with Crippen molar-refractivity contribution in [2.75, 3.05) is 0 Å². The van der Waals surface area contributed by atoms with Crippen LogP contribution in [0.2, 0.25) is 0 Å². The molecule has 0 unspecified atom stereocenters. The molecule has 0 aromatic heterocycles. The molecule has 168 valence electrons. The van der Waals surface area contributed by atoms with Gasteiger partial charge in [0.25, 0.3) is 0 Å². The summed E-state index contributed by atoms with van der Waals surface area (Å²) < 4.78 is 0. The van der Waals surface area contributed by atoms with Gasteiger partial charge in [-0.15, -0.1) is 0 Å². The van der Waals surface area contributed by atoms with Gasteiger partial charge in [-0.2, -0.15) is 0 Å². The van der Waals surface area contributed by atoms with E-state index in [1.807, 2.05) is 0 Å². The monoisotopic (exact) mass is 418 g/mol. The third-order valence-electron chi connectivity index (χ3n) is 7.13. The van der Waals surface area contributed by atoms with Crippen LogP contribution in [-0.4, -0.2) is 5.78 Å². The van der Waals surface area contributed by atoms with Crippen molar-refractivity contribution in [3.05, 3.63) is 59.7 Å². The quantitative estimate of drug-likeness (QED) is 0.314. The highest BCUT2D eigenvalue weighted by atomic mass is 16.1. The highest BCUT2D eigenvalue weighted by molar-refractivity contribution is 5.86. The van der Waals surface area contributed by atoms with Crippen molar-refractivity contribution in [1.82, 2.24) is 0 Å². The topological polar surface area (TPSA) is 17.1 Å². The van der Waals surface area contributed by atoms with Gasteiger partial charge >= 0.3 is 0 Å². The summed E-state index contributed by atoms with van der Waals surface area (Å²) in [4.78, 5) is 12.8. The van der Waals surface area contributed by atoms with Gasteiger partial charge in [0, 0.05) is 12.3 Å². The number of ketones is 1. The molecule has 2 aromatic rings. The molecule has 31 heavy (non-hydrogen) atoms. The van der Waals surface area contributed by atoms with Crippen LogP contribution in [0.25, 0.3) is 11.1 Å². The molecule has 0 heterocycles. The summed E-state index contributed by atoms with van der Waals surface area (Å²) in [6, 6.07) is 17.9. The van der Waals surface area contributed by atoms with Crippen LogP contribution in [-0.2, 0) is 11.2 Å². The van der Waals surface area contributed by atoms with Gasteiger partial charge in [-0.05, 0) is 53.9 Å². The zero-order valence-electron chi connectivity index (χ0n) is 19.9. The second-order valence-corrected chi connectivity index (χ2v) is 9.65. The Labute approximate surface area is 190 Å². The van der Waals surface area contributed by atoms with Crippen LogP contribution in [0.15, 0.2) is 48.5 Å². The fourth-order valence-electron chi connectivity index (χ4n) is 5.08.